The summed E-state index contributed by atoms with van der Waals surface area (Å²) in [4.78, 5) is 12.7. The van der Waals surface area contributed by atoms with E-state index in [1.54, 1.807) is 6.92 Å². The number of nitrogens with one attached hydrogen (secondary N) is 2. The highest BCUT2D eigenvalue weighted by Gasteiger charge is 2.28. The summed E-state index contributed by atoms with van der Waals surface area (Å²) in [5.41, 5.74) is 6.05. The Kier molecular flexibility index (Phi) is 5.12. The van der Waals surface area contributed by atoms with E-state index in [9.17, 15) is 13.6 Å². The van der Waals surface area contributed by atoms with Gasteiger partial charge in [0.15, 0.2) is 5.76 Å². The summed E-state index contributed by atoms with van der Waals surface area (Å²) in [6.45, 7) is 1.78. The van der Waals surface area contributed by atoms with Crippen LogP contribution in [0.3, 0.4) is 0 Å². The number of anilines is 2. The summed E-state index contributed by atoms with van der Waals surface area (Å²) >= 11 is 0. The third kappa shape index (κ3) is 3.89. The fraction of sp³-hybridized carbons (Fsp3) is 0.182. The van der Waals surface area contributed by atoms with Crippen LogP contribution >= 0.6 is 0 Å². The Balaban J connectivity index is 1.61. The molecule has 0 saturated heterocycles. The number of amides is 1. The largest absolute Gasteiger partial charge is 0.455 e. The molecule has 2 aromatic carbocycles. The van der Waals surface area contributed by atoms with Gasteiger partial charge in [0.05, 0.1) is 17.1 Å². The average molecular weight is 395 g/mol. The van der Waals surface area contributed by atoms with Gasteiger partial charge in [0.1, 0.15) is 17.4 Å². The Morgan fingerprint density at radius 2 is 1.90 bits per heavy atom. The number of furan rings is 1. The van der Waals surface area contributed by atoms with Crippen LogP contribution in [-0.4, -0.2) is 11.6 Å². The first-order valence-electron chi connectivity index (χ1n) is 9.29. The van der Waals surface area contributed by atoms with Crippen molar-refractivity contribution in [3.05, 3.63) is 82.8 Å². The van der Waals surface area contributed by atoms with Crippen molar-refractivity contribution >= 4 is 23.0 Å². The standard InChI is InChI=1S/C22H19F2N3O2/c1-13-20-18(27-26-15-6-3-2-4-7-15)8-5-9-19(20)29-21(13)22(28)25-17-11-10-14(23)12-16(17)24/h2-4,6-7,10-12,26H,5,8-9H2,1H3,(H,25,28)/b27-18+. The second kappa shape index (κ2) is 7.87. The summed E-state index contributed by atoms with van der Waals surface area (Å²) in [5.74, 6) is -1.35. The van der Waals surface area contributed by atoms with Crippen LogP contribution < -0.4 is 10.7 Å². The van der Waals surface area contributed by atoms with E-state index in [-0.39, 0.29) is 11.4 Å². The zero-order chi connectivity index (χ0) is 20.4. The van der Waals surface area contributed by atoms with Crippen molar-refractivity contribution in [2.24, 2.45) is 5.10 Å². The number of para-hydroxylation sites is 1. The first kappa shape index (κ1) is 18.9. The van der Waals surface area contributed by atoms with Crippen LogP contribution in [0.1, 0.15) is 40.3 Å². The van der Waals surface area contributed by atoms with Gasteiger partial charge in [0.2, 0.25) is 0 Å². The van der Waals surface area contributed by atoms with Gasteiger partial charge in [-0.15, -0.1) is 0 Å². The predicted octanol–water partition coefficient (Wildman–Crippen LogP) is 5.27. The maximum atomic E-state index is 13.9. The number of rotatable bonds is 4. The van der Waals surface area contributed by atoms with Gasteiger partial charge in [-0.1, -0.05) is 18.2 Å². The van der Waals surface area contributed by atoms with Crippen molar-refractivity contribution in [3.8, 4) is 0 Å². The highest BCUT2D eigenvalue weighted by molar-refractivity contribution is 6.09. The molecule has 1 heterocycles. The number of nitrogens with zero attached hydrogens (tertiary/aromatic N) is 1. The molecule has 5 nitrogen and oxygen atoms in total. The molecule has 1 aliphatic rings. The van der Waals surface area contributed by atoms with Crippen LogP contribution in [-0.2, 0) is 6.42 Å². The fourth-order valence-corrected chi connectivity index (χ4v) is 3.41. The van der Waals surface area contributed by atoms with E-state index in [1.165, 1.54) is 6.07 Å². The van der Waals surface area contributed by atoms with Crippen molar-refractivity contribution < 1.29 is 18.0 Å². The normalized spacial score (nSPS) is 14.5. The third-order valence-corrected chi connectivity index (χ3v) is 4.81. The Hall–Kier alpha value is -3.48. The SMILES string of the molecule is Cc1c(C(=O)Nc2ccc(F)cc2F)oc2c1/C(=N/Nc1ccccc1)CCC2. The van der Waals surface area contributed by atoms with Crippen molar-refractivity contribution in [3.63, 3.8) is 0 Å². The van der Waals surface area contributed by atoms with Crippen molar-refractivity contribution in [2.45, 2.75) is 26.2 Å². The monoisotopic (exact) mass is 395 g/mol. The van der Waals surface area contributed by atoms with Crippen LogP contribution in [0.2, 0.25) is 0 Å². The zero-order valence-corrected chi connectivity index (χ0v) is 15.8. The molecule has 0 fully saturated rings. The molecule has 0 bridgehead atoms. The minimum atomic E-state index is -0.846. The number of hydrogen-bond acceptors (Lipinski definition) is 4. The highest BCUT2D eigenvalue weighted by Crippen LogP contribution is 2.31. The Labute approximate surface area is 166 Å². The van der Waals surface area contributed by atoms with E-state index in [4.69, 9.17) is 4.42 Å². The number of aryl methyl sites for hydroxylation is 1. The van der Waals surface area contributed by atoms with E-state index < -0.39 is 17.5 Å². The topological polar surface area (TPSA) is 66.6 Å². The summed E-state index contributed by atoms with van der Waals surface area (Å²) in [7, 11) is 0. The first-order valence-corrected chi connectivity index (χ1v) is 9.29. The molecule has 148 valence electrons. The molecule has 4 rings (SSSR count). The first-order chi connectivity index (χ1) is 14.0. The van der Waals surface area contributed by atoms with Gasteiger partial charge in [-0.2, -0.15) is 5.10 Å². The molecule has 0 spiro atoms. The van der Waals surface area contributed by atoms with Gasteiger partial charge in [-0.3, -0.25) is 10.2 Å². The van der Waals surface area contributed by atoms with Gasteiger partial charge < -0.3 is 9.73 Å². The lowest BCUT2D eigenvalue weighted by Gasteiger charge is -2.13. The third-order valence-electron chi connectivity index (χ3n) is 4.81. The van der Waals surface area contributed by atoms with E-state index in [0.717, 1.165) is 41.9 Å². The van der Waals surface area contributed by atoms with Gasteiger partial charge >= 0.3 is 0 Å². The summed E-state index contributed by atoms with van der Waals surface area (Å²) in [6.07, 6.45) is 2.29. The highest BCUT2D eigenvalue weighted by atomic mass is 19.1. The number of carbonyl (C=O) groups is 1. The number of hydrazone groups is 1. The minimum absolute atomic E-state index is 0.105. The molecule has 29 heavy (non-hydrogen) atoms. The number of carbonyl (C=O) groups excluding carboxylic acids is 1. The van der Waals surface area contributed by atoms with Gasteiger partial charge in [0, 0.05) is 23.6 Å². The lowest BCUT2D eigenvalue weighted by Crippen LogP contribution is -2.15. The second-order valence-electron chi connectivity index (χ2n) is 6.82. The quantitative estimate of drug-likeness (QED) is 0.592. The van der Waals surface area contributed by atoms with E-state index >= 15 is 0 Å². The van der Waals surface area contributed by atoms with Gasteiger partial charge in [0.25, 0.3) is 5.91 Å². The number of fused-ring (bicyclic) bond motifs is 1. The van der Waals surface area contributed by atoms with Crippen molar-refractivity contribution in [2.75, 3.05) is 10.7 Å². The molecular weight excluding hydrogens is 376 g/mol. The molecule has 0 unspecified atom stereocenters. The molecular formula is C22H19F2N3O2. The van der Waals surface area contributed by atoms with E-state index in [1.807, 2.05) is 30.3 Å². The van der Waals surface area contributed by atoms with Crippen LogP contribution in [0.4, 0.5) is 20.2 Å². The van der Waals surface area contributed by atoms with Crippen molar-refractivity contribution in [1.82, 2.24) is 0 Å². The van der Waals surface area contributed by atoms with Crippen LogP contribution in [0.15, 0.2) is 58.0 Å². The molecule has 3 aromatic rings. The molecule has 0 radical (unpaired) electrons. The smallest absolute Gasteiger partial charge is 0.291 e. The van der Waals surface area contributed by atoms with Crippen LogP contribution in [0.25, 0.3) is 0 Å². The summed E-state index contributed by atoms with van der Waals surface area (Å²) < 4.78 is 32.7. The van der Waals surface area contributed by atoms with Gasteiger partial charge in [-0.05, 0) is 44.0 Å². The molecule has 7 heteroatoms. The second-order valence-corrected chi connectivity index (χ2v) is 6.82. The number of benzene rings is 2. The Morgan fingerprint density at radius 1 is 1.10 bits per heavy atom. The minimum Gasteiger partial charge on any atom is -0.455 e. The zero-order valence-electron chi connectivity index (χ0n) is 15.8. The molecule has 0 aliphatic heterocycles. The molecule has 2 N–H and O–H groups in total. The summed E-state index contributed by atoms with van der Waals surface area (Å²) in [5, 5.41) is 6.96. The molecule has 0 saturated carbocycles. The lowest BCUT2D eigenvalue weighted by atomic mass is 9.93. The predicted molar refractivity (Wildman–Crippen MR) is 107 cm³/mol. The maximum absolute atomic E-state index is 13.9. The van der Waals surface area contributed by atoms with Gasteiger partial charge in [-0.25, -0.2) is 8.78 Å². The average Bonchev–Trinajstić information content (AvgIpc) is 3.07. The van der Waals surface area contributed by atoms with Crippen LogP contribution in [0.5, 0.6) is 0 Å². The Morgan fingerprint density at radius 3 is 2.66 bits per heavy atom. The molecule has 1 aliphatic carbocycles. The molecule has 0 atom stereocenters. The van der Waals surface area contributed by atoms with E-state index in [2.05, 4.69) is 15.8 Å². The summed E-state index contributed by atoms with van der Waals surface area (Å²) in [6, 6.07) is 12.5. The Bertz CT molecular complexity index is 1090. The van der Waals surface area contributed by atoms with Crippen molar-refractivity contribution in [1.29, 1.82) is 0 Å². The van der Waals surface area contributed by atoms with E-state index in [0.29, 0.717) is 17.7 Å². The lowest BCUT2D eigenvalue weighted by molar-refractivity contribution is 0.0993. The number of halogens is 2. The molecule has 1 amide bonds. The molecule has 1 aromatic heterocycles. The van der Waals surface area contributed by atoms with Crippen LogP contribution in [0, 0.1) is 18.6 Å². The number of hydrogen-bond donors (Lipinski definition) is 2. The maximum Gasteiger partial charge on any atom is 0.291 e. The fourth-order valence-electron chi connectivity index (χ4n) is 3.41.